The summed E-state index contributed by atoms with van der Waals surface area (Å²) in [6.07, 6.45) is 3.12. The highest BCUT2D eigenvalue weighted by atomic mass is 15.4. The minimum atomic E-state index is 0.487. The van der Waals surface area contributed by atoms with Crippen molar-refractivity contribution >= 4 is 27.5 Å². The maximum Gasteiger partial charge on any atom is 0.0796 e. The Labute approximate surface area is 172 Å². The van der Waals surface area contributed by atoms with Crippen molar-refractivity contribution in [2.75, 3.05) is 18.0 Å². The molecule has 3 nitrogen and oxygen atoms in total. The minimum Gasteiger partial charge on any atom is -0.352 e. The van der Waals surface area contributed by atoms with Gasteiger partial charge in [0, 0.05) is 41.3 Å². The van der Waals surface area contributed by atoms with Crippen LogP contribution < -0.4 is 4.90 Å². The number of hydrogen-bond acceptors (Lipinski definition) is 2. The summed E-state index contributed by atoms with van der Waals surface area (Å²) in [6, 6.07) is 25.1. The number of para-hydroxylation sites is 2. The second kappa shape index (κ2) is 6.36. The third-order valence-corrected chi connectivity index (χ3v) is 7.04. The molecule has 3 atom stereocenters. The molecule has 3 heterocycles. The zero-order valence-electron chi connectivity index (χ0n) is 17.2. The molecule has 3 heteroatoms. The highest BCUT2D eigenvalue weighted by Gasteiger charge is 2.39. The number of benzene rings is 3. The van der Waals surface area contributed by atoms with E-state index in [-0.39, 0.29) is 0 Å². The van der Waals surface area contributed by atoms with Crippen molar-refractivity contribution < 1.29 is 0 Å². The van der Waals surface area contributed by atoms with Crippen molar-refractivity contribution in [3.8, 4) is 5.69 Å². The third kappa shape index (κ3) is 2.47. The van der Waals surface area contributed by atoms with E-state index >= 15 is 0 Å². The summed E-state index contributed by atoms with van der Waals surface area (Å²) in [5.74, 6) is 0. The van der Waals surface area contributed by atoms with Gasteiger partial charge < -0.3 is 9.47 Å². The summed E-state index contributed by atoms with van der Waals surface area (Å²) in [5, 5.41) is 2.69. The topological polar surface area (TPSA) is 11.4 Å². The van der Waals surface area contributed by atoms with E-state index in [1.54, 1.807) is 0 Å². The van der Waals surface area contributed by atoms with Gasteiger partial charge in [-0.15, -0.1) is 0 Å². The Kier molecular flexibility index (Phi) is 3.75. The SMILES string of the molecule is Cc1cc2c(cc1N1C3CCCN(C3)C1C)c1ccccc1n2-c1ccccc1. The molecule has 2 bridgehead atoms. The highest BCUT2D eigenvalue weighted by Crippen LogP contribution is 2.40. The number of rotatable bonds is 2. The molecule has 6 rings (SSSR count). The molecule has 0 saturated carbocycles. The van der Waals surface area contributed by atoms with E-state index in [2.05, 4.69) is 94.9 Å². The number of hydrogen-bond donors (Lipinski definition) is 0. The lowest BCUT2D eigenvalue weighted by Crippen LogP contribution is -2.36. The van der Waals surface area contributed by atoms with Crippen LogP contribution in [0.5, 0.6) is 0 Å². The molecule has 0 radical (unpaired) electrons. The Morgan fingerprint density at radius 3 is 2.48 bits per heavy atom. The molecule has 4 aromatic rings. The molecule has 1 aromatic heterocycles. The standard InChI is InChI=1S/C26H27N3/c1-18-15-26-23(16-25(18)28-19(2)27-14-8-11-21(28)17-27)22-12-6-7-13-24(22)29(26)20-9-4-3-5-10-20/h3-7,9-10,12-13,15-16,19,21H,8,11,14,17H2,1-2H3. The fourth-order valence-corrected chi connectivity index (χ4v) is 5.67. The summed E-state index contributed by atoms with van der Waals surface area (Å²) >= 11 is 0. The molecule has 3 unspecified atom stereocenters. The van der Waals surface area contributed by atoms with E-state index in [1.807, 2.05) is 0 Å². The Morgan fingerprint density at radius 2 is 1.66 bits per heavy atom. The van der Waals surface area contributed by atoms with Crippen LogP contribution in [0.3, 0.4) is 0 Å². The average molecular weight is 382 g/mol. The molecule has 29 heavy (non-hydrogen) atoms. The molecular formula is C26H27N3. The Morgan fingerprint density at radius 1 is 0.862 bits per heavy atom. The maximum absolute atomic E-state index is 2.69. The number of aryl methyl sites for hydroxylation is 1. The van der Waals surface area contributed by atoms with Crippen LogP contribution in [0.2, 0.25) is 0 Å². The van der Waals surface area contributed by atoms with Crippen LogP contribution in [0.15, 0.2) is 66.7 Å². The van der Waals surface area contributed by atoms with Gasteiger partial charge in [0.2, 0.25) is 0 Å². The quantitative estimate of drug-likeness (QED) is 0.440. The van der Waals surface area contributed by atoms with Crippen LogP contribution in [0, 0.1) is 6.92 Å². The van der Waals surface area contributed by atoms with Crippen LogP contribution in [0.25, 0.3) is 27.5 Å². The molecule has 2 fully saturated rings. The van der Waals surface area contributed by atoms with Crippen LogP contribution in [-0.2, 0) is 0 Å². The molecule has 0 amide bonds. The van der Waals surface area contributed by atoms with E-state index in [1.165, 1.54) is 64.7 Å². The van der Waals surface area contributed by atoms with Gasteiger partial charge in [0.15, 0.2) is 0 Å². The zero-order valence-corrected chi connectivity index (χ0v) is 17.2. The first kappa shape index (κ1) is 17.1. The fourth-order valence-electron chi connectivity index (χ4n) is 5.67. The molecule has 0 spiro atoms. The van der Waals surface area contributed by atoms with E-state index in [0.717, 1.165) is 0 Å². The second-order valence-corrected chi connectivity index (χ2v) is 8.67. The number of piperidine rings is 1. The lowest BCUT2D eigenvalue weighted by molar-refractivity contribution is 0.244. The molecule has 2 aliphatic rings. The molecule has 2 aliphatic heterocycles. The number of nitrogens with zero attached hydrogens (tertiary/aromatic N) is 3. The van der Waals surface area contributed by atoms with Gasteiger partial charge in [-0.2, -0.15) is 0 Å². The first-order chi connectivity index (χ1) is 14.2. The predicted octanol–water partition coefficient (Wildman–Crippen LogP) is 5.72. The van der Waals surface area contributed by atoms with Gasteiger partial charge in [-0.3, -0.25) is 4.90 Å². The summed E-state index contributed by atoms with van der Waals surface area (Å²) in [7, 11) is 0. The summed E-state index contributed by atoms with van der Waals surface area (Å²) < 4.78 is 2.41. The van der Waals surface area contributed by atoms with Gasteiger partial charge in [-0.05, 0) is 62.6 Å². The minimum absolute atomic E-state index is 0.487. The van der Waals surface area contributed by atoms with Crippen LogP contribution in [0.1, 0.15) is 25.3 Å². The largest absolute Gasteiger partial charge is 0.352 e. The number of anilines is 1. The van der Waals surface area contributed by atoms with E-state index in [0.29, 0.717) is 12.2 Å². The van der Waals surface area contributed by atoms with Crippen molar-refractivity contribution in [1.82, 2.24) is 9.47 Å². The third-order valence-electron chi connectivity index (χ3n) is 7.04. The monoisotopic (exact) mass is 381 g/mol. The zero-order chi connectivity index (χ0) is 19.5. The Hall–Kier alpha value is -2.78. The Balaban J connectivity index is 1.62. The van der Waals surface area contributed by atoms with Gasteiger partial charge in [-0.1, -0.05) is 36.4 Å². The average Bonchev–Trinajstić information content (AvgIpc) is 3.18. The molecule has 0 aliphatic carbocycles. The normalized spacial score (nSPS) is 23.9. The van der Waals surface area contributed by atoms with E-state index in [9.17, 15) is 0 Å². The smallest absolute Gasteiger partial charge is 0.0796 e. The second-order valence-electron chi connectivity index (χ2n) is 8.67. The van der Waals surface area contributed by atoms with Gasteiger partial charge in [0.05, 0.1) is 17.2 Å². The van der Waals surface area contributed by atoms with Crippen molar-refractivity contribution in [2.24, 2.45) is 0 Å². The lowest BCUT2D eigenvalue weighted by Gasteiger charge is -2.31. The first-order valence-corrected chi connectivity index (χ1v) is 10.8. The molecule has 0 N–H and O–H groups in total. The molecule has 2 saturated heterocycles. The van der Waals surface area contributed by atoms with Gasteiger partial charge in [-0.25, -0.2) is 0 Å². The summed E-state index contributed by atoms with van der Waals surface area (Å²) in [6.45, 7) is 7.11. The van der Waals surface area contributed by atoms with Crippen LogP contribution in [-0.4, -0.2) is 34.8 Å². The van der Waals surface area contributed by atoms with E-state index in [4.69, 9.17) is 0 Å². The van der Waals surface area contributed by atoms with E-state index < -0.39 is 0 Å². The Bertz CT molecular complexity index is 1210. The van der Waals surface area contributed by atoms with Crippen LogP contribution in [0.4, 0.5) is 5.69 Å². The van der Waals surface area contributed by atoms with Gasteiger partial charge >= 0.3 is 0 Å². The van der Waals surface area contributed by atoms with Crippen molar-refractivity contribution in [1.29, 1.82) is 0 Å². The number of aromatic nitrogens is 1. The van der Waals surface area contributed by atoms with Crippen molar-refractivity contribution in [2.45, 2.75) is 38.9 Å². The molecule has 3 aromatic carbocycles. The molecular weight excluding hydrogens is 354 g/mol. The first-order valence-electron chi connectivity index (χ1n) is 10.8. The van der Waals surface area contributed by atoms with Crippen molar-refractivity contribution in [3.05, 3.63) is 72.3 Å². The highest BCUT2D eigenvalue weighted by molar-refractivity contribution is 6.10. The summed E-state index contributed by atoms with van der Waals surface area (Å²) in [5.41, 5.74) is 6.59. The lowest BCUT2D eigenvalue weighted by atomic mass is 10.0. The van der Waals surface area contributed by atoms with Gasteiger partial charge in [0.1, 0.15) is 0 Å². The molecule has 146 valence electrons. The van der Waals surface area contributed by atoms with Crippen LogP contribution >= 0.6 is 0 Å². The predicted molar refractivity (Wildman–Crippen MR) is 122 cm³/mol. The summed E-state index contributed by atoms with van der Waals surface area (Å²) in [4.78, 5) is 5.33. The number of fused-ring (bicyclic) bond motifs is 5. The van der Waals surface area contributed by atoms with Gasteiger partial charge in [0.25, 0.3) is 0 Å². The maximum atomic E-state index is 2.69. The van der Waals surface area contributed by atoms with Crippen molar-refractivity contribution in [3.63, 3.8) is 0 Å². The fraction of sp³-hybridized carbons (Fsp3) is 0.308.